The summed E-state index contributed by atoms with van der Waals surface area (Å²) in [7, 11) is 0. The number of aryl methyl sites for hydroxylation is 1. The molecular weight excluding hydrogens is 200 g/mol. The lowest BCUT2D eigenvalue weighted by atomic mass is 9.85. The van der Waals surface area contributed by atoms with Crippen molar-refractivity contribution in [1.82, 2.24) is 0 Å². The molecule has 0 amide bonds. The van der Waals surface area contributed by atoms with Gasteiger partial charge in [0.2, 0.25) is 0 Å². The molecule has 0 saturated heterocycles. The summed E-state index contributed by atoms with van der Waals surface area (Å²) in [5.74, 6) is 1.21. The van der Waals surface area contributed by atoms with E-state index in [1.807, 2.05) is 6.07 Å². The van der Waals surface area contributed by atoms with Gasteiger partial charge in [0.05, 0.1) is 0 Å². The Bertz CT molecular complexity index is 341. The molecule has 16 heavy (non-hydrogen) atoms. The zero-order valence-corrected chi connectivity index (χ0v) is 9.65. The van der Waals surface area contributed by atoms with Gasteiger partial charge in [0, 0.05) is 6.07 Å². The maximum atomic E-state index is 9.66. The Morgan fingerprint density at radius 1 is 1.06 bits per heavy atom. The smallest absolute Gasteiger partial charge is 0.122 e. The summed E-state index contributed by atoms with van der Waals surface area (Å²) < 4.78 is 0. The van der Waals surface area contributed by atoms with Crippen molar-refractivity contribution in [1.29, 1.82) is 0 Å². The molecule has 1 aromatic carbocycles. The van der Waals surface area contributed by atoms with Crippen LogP contribution in [-0.4, -0.2) is 10.2 Å². The number of phenols is 2. The molecule has 1 aliphatic carbocycles. The highest BCUT2D eigenvalue weighted by molar-refractivity contribution is 5.38. The molecule has 88 valence electrons. The molecule has 1 fully saturated rings. The van der Waals surface area contributed by atoms with Crippen molar-refractivity contribution in [2.45, 2.75) is 44.9 Å². The molecule has 0 spiro atoms. The molecule has 0 aromatic heterocycles. The first-order chi connectivity index (χ1) is 7.75. The van der Waals surface area contributed by atoms with Gasteiger partial charge in [-0.3, -0.25) is 0 Å². The second-order valence-corrected chi connectivity index (χ2v) is 4.86. The third kappa shape index (κ3) is 2.91. The summed E-state index contributed by atoms with van der Waals surface area (Å²) in [6.07, 6.45) is 8.91. The van der Waals surface area contributed by atoms with Crippen molar-refractivity contribution < 1.29 is 10.2 Å². The molecule has 0 aliphatic heterocycles. The molecule has 0 bridgehead atoms. The average molecular weight is 220 g/mol. The van der Waals surface area contributed by atoms with Crippen molar-refractivity contribution >= 4 is 0 Å². The molecule has 1 saturated carbocycles. The fraction of sp³-hybridized carbons (Fsp3) is 0.571. The Kier molecular flexibility index (Phi) is 3.70. The Labute approximate surface area is 96.9 Å². The minimum Gasteiger partial charge on any atom is -0.508 e. The molecular formula is C14H20O2. The zero-order chi connectivity index (χ0) is 11.4. The highest BCUT2D eigenvalue weighted by atomic mass is 16.3. The maximum absolute atomic E-state index is 9.66. The fourth-order valence-electron chi connectivity index (χ4n) is 2.60. The van der Waals surface area contributed by atoms with Crippen LogP contribution in [0.5, 0.6) is 11.5 Å². The monoisotopic (exact) mass is 220 g/mol. The third-order valence-electron chi connectivity index (χ3n) is 3.62. The largest absolute Gasteiger partial charge is 0.508 e. The minimum absolute atomic E-state index is 0.138. The van der Waals surface area contributed by atoms with Gasteiger partial charge in [0.15, 0.2) is 0 Å². The van der Waals surface area contributed by atoms with Crippen LogP contribution in [0.1, 0.15) is 44.1 Å². The summed E-state index contributed by atoms with van der Waals surface area (Å²) in [5, 5.41) is 18.9. The van der Waals surface area contributed by atoms with Crippen LogP contribution in [0.4, 0.5) is 0 Å². The lowest BCUT2D eigenvalue weighted by Crippen LogP contribution is -2.07. The van der Waals surface area contributed by atoms with Gasteiger partial charge in [-0.05, 0) is 30.4 Å². The van der Waals surface area contributed by atoms with Crippen molar-refractivity contribution in [2.24, 2.45) is 5.92 Å². The van der Waals surface area contributed by atoms with Gasteiger partial charge in [-0.2, -0.15) is 0 Å². The van der Waals surface area contributed by atoms with Crippen molar-refractivity contribution in [3.8, 4) is 11.5 Å². The summed E-state index contributed by atoms with van der Waals surface area (Å²) in [6.45, 7) is 0. The van der Waals surface area contributed by atoms with E-state index in [2.05, 4.69) is 0 Å². The number of hydrogen-bond donors (Lipinski definition) is 2. The Morgan fingerprint density at radius 2 is 1.81 bits per heavy atom. The Hall–Kier alpha value is -1.18. The third-order valence-corrected chi connectivity index (χ3v) is 3.62. The number of phenolic OH excluding ortho intramolecular Hbond substituents is 2. The standard InChI is InChI=1S/C14H20O2/c15-13-9-8-12(14(16)10-13)7-6-11-4-2-1-3-5-11/h8-11,15-16H,1-7H2. The average Bonchev–Trinajstić information content (AvgIpc) is 2.29. The second kappa shape index (κ2) is 5.24. The molecule has 2 N–H and O–H groups in total. The van der Waals surface area contributed by atoms with Gasteiger partial charge < -0.3 is 10.2 Å². The van der Waals surface area contributed by atoms with E-state index in [1.165, 1.54) is 44.6 Å². The lowest BCUT2D eigenvalue weighted by molar-refractivity contribution is 0.337. The number of benzene rings is 1. The Balaban J connectivity index is 1.88. The molecule has 1 aliphatic rings. The minimum atomic E-state index is 0.138. The number of rotatable bonds is 3. The van der Waals surface area contributed by atoms with Gasteiger partial charge in [0.1, 0.15) is 11.5 Å². The van der Waals surface area contributed by atoms with Gasteiger partial charge >= 0.3 is 0 Å². The highest BCUT2D eigenvalue weighted by Crippen LogP contribution is 2.30. The van der Waals surface area contributed by atoms with Crippen molar-refractivity contribution in [3.05, 3.63) is 23.8 Å². The summed E-state index contributed by atoms with van der Waals surface area (Å²) in [5.41, 5.74) is 0.961. The molecule has 0 radical (unpaired) electrons. The van der Waals surface area contributed by atoms with Crippen LogP contribution < -0.4 is 0 Å². The first-order valence-electron chi connectivity index (χ1n) is 6.26. The van der Waals surface area contributed by atoms with Crippen LogP contribution in [0.3, 0.4) is 0 Å². The van der Waals surface area contributed by atoms with E-state index in [4.69, 9.17) is 0 Å². The van der Waals surface area contributed by atoms with Crippen LogP contribution in [0.25, 0.3) is 0 Å². The molecule has 1 aromatic rings. The highest BCUT2D eigenvalue weighted by Gasteiger charge is 2.14. The number of aromatic hydroxyl groups is 2. The summed E-state index contributed by atoms with van der Waals surface area (Å²) in [6, 6.07) is 4.90. The molecule has 0 unspecified atom stereocenters. The molecule has 2 rings (SSSR count). The normalized spacial score (nSPS) is 17.5. The Morgan fingerprint density at radius 3 is 2.50 bits per heavy atom. The topological polar surface area (TPSA) is 40.5 Å². The van der Waals surface area contributed by atoms with Crippen molar-refractivity contribution in [3.63, 3.8) is 0 Å². The van der Waals surface area contributed by atoms with Gasteiger partial charge in [0.25, 0.3) is 0 Å². The summed E-state index contributed by atoms with van der Waals surface area (Å²) >= 11 is 0. The van der Waals surface area contributed by atoms with Crippen LogP contribution in [0, 0.1) is 5.92 Å². The predicted octanol–water partition coefficient (Wildman–Crippen LogP) is 3.61. The van der Waals surface area contributed by atoms with Crippen LogP contribution in [-0.2, 0) is 6.42 Å². The van der Waals surface area contributed by atoms with Crippen LogP contribution in [0.15, 0.2) is 18.2 Å². The van der Waals surface area contributed by atoms with Gasteiger partial charge in [-0.25, -0.2) is 0 Å². The van der Waals surface area contributed by atoms with E-state index >= 15 is 0 Å². The first-order valence-corrected chi connectivity index (χ1v) is 6.26. The van der Waals surface area contributed by atoms with E-state index in [-0.39, 0.29) is 11.5 Å². The molecule has 2 heteroatoms. The molecule has 2 nitrogen and oxygen atoms in total. The lowest BCUT2D eigenvalue weighted by Gasteiger charge is -2.21. The SMILES string of the molecule is Oc1ccc(CCC2CCCCC2)c(O)c1. The predicted molar refractivity (Wildman–Crippen MR) is 64.7 cm³/mol. The van der Waals surface area contributed by atoms with E-state index in [0.717, 1.165) is 17.9 Å². The molecule has 0 atom stereocenters. The summed E-state index contributed by atoms with van der Waals surface area (Å²) in [4.78, 5) is 0. The van der Waals surface area contributed by atoms with Gasteiger partial charge in [-0.1, -0.05) is 38.2 Å². The second-order valence-electron chi connectivity index (χ2n) is 4.86. The quantitative estimate of drug-likeness (QED) is 0.817. The van der Waals surface area contributed by atoms with E-state index in [1.54, 1.807) is 6.07 Å². The molecule has 0 heterocycles. The zero-order valence-electron chi connectivity index (χ0n) is 9.65. The van der Waals surface area contributed by atoms with E-state index in [9.17, 15) is 10.2 Å². The van der Waals surface area contributed by atoms with Crippen LogP contribution >= 0.6 is 0 Å². The number of hydrogen-bond acceptors (Lipinski definition) is 2. The van der Waals surface area contributed by atoms with E-state index < -0.39 is 0 Å². The van der Waals surface area contributed by atoms with Crippen LogP contribution in [0.2, 0.25) is 0 Å². The maximum Gasteiger partial charge on any atom is 0.122 e. The fourth-order valence-corrected chi connectivity index (χ4v) is 2.60. The van der Waals surface area contributed by atoms with Gasteiger partial charge in [-0.15, -0.1) is 0 Å². The van der Waals surface area contributed by atoms with E-state index in [0.29, 0.717) is 0 Å². The van der Waals surface area contributed by atoms with Crippen molar-refractivity contribution in [2.75, 3.05) is 0 Å². The first kappa shape index (κ1) is 11.3.